The molecule has 2 fully saturated rings. The highest BCUT2D eigenvalue weighted by atomic mass is 79.9. The summed E-state index contributed by atoms with van der Waals surface area (Å²) < 4.78 is 75.0. The van der Waals surface area contributed by atoms with Crippen molar-refractivity contribution < 1.29 is 35.9 Å². The zero-order chi connectivity index (χ0) is 39.8. The van der Waals surface area contributed by atoms with Gasteiger partial charge in [-0.1, -0.05) is 30.3 Å². The smallest absolute Gasteiger partial charge is 0.359 e. The van der Waals surface area contributed by atoms with Crippen molar-refractivity contribution in [1.29, 1.82) is 0 Å². The molecule has 0 aliphatic heterocycles. The Hall–Kier alpha value is -5.13. The first-order valence-electron chi connectivity index (χ1n) is 17.4. The largest absolute Gasteiger partial charge is 0.391 e. The number of fused-ring (bicyclic) bond motifs is 2. The second-order valence-electron chi connectivity index (χ2n) is 13.2. The van der Waals surface area contributed by atoms with Gasteiger partial charge in [-0.3, -0.25) is 4.79 Å². The standard InChI is InChI=1S/C21H21F3N4O.C8H4BrN5O.C7H12F3N/c22-21(23,24)14-6-8-15(9-7-14)26-20(29)28-18-12-25-17-11-10-16(27-19(17)18)13-4-2-1-3-5-13;9-6-2-1-5-7(12-6)4(3-11-5)8(15)13-14-10;8-7(9,10)5-1-3-6(11)4-2-5/h1-5,10-12,14-15,25H,6-9H2,(H2,26,28,29);1-3,11H;5-6H,1-4,11H2. The number of carbonyl (C=O) groups excluding carboxylic acids is 2. The fraction of sp³-hybridized carbons (Fsp3) is 0.389. The summed E-state index contributed by atoms with van der Waals surface area (Å²) in [5.74, 6) is -3.01. The molecule has 0 bridgehead atoms. The van der Waals surface area contributed by atoms with Gasteiger partial charge in [-0.15, -0.1) is 0 Å². The van der Waals surface area contributed by atoms with E-state index in [2.05, 4.69) is 56.5 Å². The topological polar surface area (TPSA) is 190 Å². The minimum atomic E-state index is -4.15. The number of azide groups is 1. The summed E-state index contributed by atoms with van der Waals surface area (Å²) in [7, 11) is 0. The summed E-state index contributed by atoms with van der Waals surface area (Å²) in [4.78, 5) is 40.8. The minimum Gasteiger partial charge on any atom is -0.359 e. The highest BCUT2D eigenvalue weighted by Gasteiger charge is 2.42. The molecule has 0 atom stereocenters. The number of nitrogens with one attached hydrogen (secondary N) is 4. The molecule has 2 aliphatic rings. The number of nitrogens with two attached hydrogens (primary N) is 1. The van der Waals surface area contributed by atoms with Gasteiger partial charge in [-0.2, -0.15) is 26.3 Å². The van der Waals surface area contributed by atoms with E-state index in [-0.39, 0.29) is 43.3 Å². The van der Waals surface area contributed by atoms with E-state index in [9.17, 15) is 35.9 Å². The van der Waals surface area contributed by atoms with Crippen molar-refractivity contribution in [3.8, 4) is 11.3 Å². The summed E-state index contributed by atoms with van der Waals surface area (Å²) in [6, 6.07) is 16.3. The van der Waals surface area contributed by atoms with Gasteiger partial charge in [0, 0.05) is 35.0 Å². The molecule has 0 unspecified atom stereocenters. The number of hydrogen-bond acceptors (Lipinski definition) is 5. The first kappa shape index (κ1) is 41.0. The van der Waals surface area contributed by atoms with Crippen LogP contribution >= 0.6 is 15.9 Å². The van der Waals surface area contributed by atoms with Gasteiger partial charge in [0.1, 0.15) is 15.6 Å². The van der Waals surface area contributed by atoms with E-state index in [1.807, 2.05) is 42.5 Å². The van der Waals surface area contributed by atoms with Crippen LogP contribution in [0, 0.1) is 11.8 Å². The van der Waals surface area contributed by atoms with Crippen LogP contribution in [0.4, 0.5) is 36.8 Å². The van der Waals surface area contributed by atoms with Crippen molar-refractivity contribution >= 4 is 55.6 Å². The fourth-order valence-corrected chi connectivity index (χ4v) is 6.76. The highest BCUT2D eigenvalue weighted by Crippen LogP contribution is 2.38. The van der Waals surface area contributed by atoms with Crippen LogP contribution in [0.2, 0.25) is 0 Å². The van der Waals surface area contributed by atoms with Crippen LogP contribution in [0.15, 0.2) is 76.7 Å². The molecule has 7 rings (SSSR count). The maximum Gasteiger partial charge on any atom is 0.391 e. The SMILES string of the molecule is NC1CCC(C(F)(F)F)CC1.O=C(Nc1c[nH]c2ccc(-c3ccccc3)nc12)NC1CCC(C(F)(F)F)CC1.[N-]=[N+]=NC(=O)c1c[nH]c2ccc(Br)nc12. The Bertz CT molecular complexity index is 2120. The molecule has 292 valence electrons. The van der Waals surface area contributed by atoms with Crippen molar-refractivity contribution in [2.45, 2.75) is 75.8 Å². The third-order valence-electron chi connectivity index (χ3n) is 9.45. The van der Waals surface area contributed by atoms with Crippen molar-refractivity contribution in [3.05, 3.63) is 87.6 Å². The molecule has 2 aliphatic carbocycles. The number of carbonyl (C=O) groups is 2. The molecule has 4 aromatic heterocycles. The Balaban J connectivity index is 0.000000185. The second-order valence-corrected chi connectivity index (χ2v) is 14.0. The number of anilines is 1. The van der Waals surface area contributed by atoms with Gasteiger partial charge in [0.15, 0.2) is 0 Å². The number of alkyl halides is 6. The molecule has 12 nitrogen and oxygen atoms in total. The summed E-state index contributed by atoms with van der Waals surface area (Å²) >= 11 is 3.20. The lowest BCUT2D eigenvalue weighted by Gasteiger charge is -2.30. The molecule has 4 heterocycles. The highest BCUT2D eigenvalue weighted by molar-refractivity contribution is 9.10. The molecule has 0 spiro atoms. The second kappa shape index (κ2) is 18.0. The quantitative estimate of drug-likeness (QED) is 0.0395. The van der Waals surface area contributed by atoms with Gasteiger partial charge < -0.3 is 26.3 Å². The molecular weight excluding hydrogens is 798 g/mol. The first-order chi connectivity index (χ1) is 26.1. The van der Waals surface area contributed by atoms with Crippen molar-refractivity contribution in [2.75, 3.05) is 5.32 Å². The average Bonchev–Trinajstić information content (AvgIpc) is 3.76. The van der Waals surface area contributed by atoms with Crippen LogP contribution in [-0.4, -0.2) is 56.3 Å². The molecular formula is C36H37BrF6N10O2. The lowest BCUT2D eigenvalue weighted by molar-refractivity contribution is -0.183. The number of halogens is 7. The van der Waals surface area contributed by atoms with Crippen molar-refractivity contribution in [2.24, 2.45) is 22.7 Å². The van der Waals surface area contributed by atoms with E-state index in [0.29, 0.717) is 47.0 Å². The maximum absolute atomic E-state index is 12.8. The number of hydrogen-bond donors (Lipinski definition) is 5. The molecule has 2 saturated carbocycles. The summed E-state index contributed by atoms with van der Waals surface area (Å²) in [6.07, 6.45) is -2.83. The Morgan fingerprint density at radius 1 is 0.800 bits per heavy atom. The third kappa shape index (κ3) is 11.2. The van der Waals surface area contributed by atoms with E-state index < -0.39 is 36.1 Å². The number of aromatic nitrogens is 4. The van der Waals surface area contributed by atoms with Crippen LogP contribution in [0.5, 0.6) is 0 Å². The van der Waals surface area contributed by atoms with E-state index in [0.717, 1.165) is 22.3 Å². The number of benzene rings is 1. The number of rotatable bonds is 4. The predicted molar refractivity (Wildman–Crippen MR) is 199 cm³/mol. The monoisotopic (exact) mass is 834 g/mol. The molecule has 5 aromatic rings. The lowest BCUT2D eigenvalue weighted by atomic mass is 9.86. The molecule has 19 heteroatoms. The van der Waals surface area contributed by atoms with Crippen LogP contribution in [-0.2, 0) is 0 Å². The van der Waals surface area contributed by atoms with E-state index >= 15 is 0 Å². The van der Waals surface area contributed by atoms with Gasteiger partial charge in [-0.25, -0.2) is 14.8 Å². The average molecular weight is 836 g/mol. The Morgan fingerprint density at radius 2 is 1.38 bits per heavy atom. The zero-order valence-corrected chi connectivity index (χ0v) is 30.7. The van der Waals surface area contributed by atoms with E-state index in [4.69, 9.17) is 11.3 Å². The van der Waals surface area contributed by atoms with E-state index in [1.54, 1.807) is 18.3 Å². The van der Waals surface area contributed by atoms with Crippen LogP contribution in [0.3, 0.4) is 0 Å². The third-order valence-corrected chi connectivity index (χ3v) is 9.90. The molecule has 6 N–H and O–H groups in total. The number of nitrogens with zero attached hydrogens (tertiary/aromatic N) is 5. The van der Waals surface area contributed by atoms with Crippen LogP contribution in [0.1, 0.15) is 61.7 Å². The number of urea groups is 1. The first-order valence-corrected chi connectivity index (χ1v) is 18.1. The molecule has 0 saturated heterocycles. The minimum absolute atomic E-state index is 0.00593. The van der Waals surface area contributed by atoms with Gasteiger partial charge in [0.05, 0.1) is 39.8 Å². The molecule has 55 heavy (non-hydrogen) atoms. The summed E-state index contributed by atoms with van der Waals surface area (Å²) in [6.45, 7) is 0. The molecule has 3 amide bonds. The lowest BCUT2D eigenvalue weighted by Crippen LogP contribution is -2.41. The molecule has 1 aromatic carbocycles. The molecule has 0 radical (unpaired) electrons. The fourth-order valence-electron chi connectivity index (χ4n) is 6.45. The maximum atomic E-state index is 12.8. The Morgan fingerprint density at radius 3 is 2.00 bits per heavy atom. The number of H-pyrrole nitrogens is 2. The number of aromatic amines is 2. The number of pyridine rings is 2. The van der Waals surface area contributed by atoms with Crippen LogP contribution in [0.25, 0.3) is 43.8 Å². The van der Waals surface area contributed by atoms with Crippen LogP contribution < -0.4 is 16.4 Å². The predicted octanol–water partition coefficient (Wildman–Crippen LogP) is 10.3. The van der Waals surface area contributed by atoms with Gasteiger partial charge >= 0.3 is 18.4 Å². The van der Waals surface area contributed by atoms with Crippen molar-refractivity contribution in [3.63, 3.8) is 0 Å². The van der Waals surface area contributed by atoms with Gasteiger partial charge in [-0.05, 0) is 102 Å². The number of amides is 3. The van der Waals surface area contributed by atoms with Crippen molar-refractivity contribution in [1.82, 2.24) is 25.3 Å². The summed E-state index contributed by atoms with van der Waals surface area (Å²) in [5, 5.41) is 8.56. The Kier molecular flexibility index (Phi) is 13.4. The zero-order valence-electron chi connectivity index (χ0n) is 29.1. The normalized spacial score (nSPS) is 19.9. The van der Waals surface area contributed by atoms with Gasteiger partial charge in [0.2, 0.25) is 0 Å². The Labute approximate surface area is 318 Å². The summed E-state index contributed by atoms with van der Waals surface area (Å²) in [5.41, 5.74) is 18.8. The van der Waals surface area contributed by atoms with Gasteiger partial charge in [0.25, 0.3) is 5.91 Å². The van der Waals surface area contributed by atoms with E-state index in [1.165, 1.54) is 6.20 Å².